The minimum Gasteiger partial charge on any atom is -0.369 e. The van der Waals surface area contributed by atoms with Gasteiger partial charge in [0.1, 0.15) is 17.6 Å². The van der Waals surface area contributed by atoms with Gasteiger partial charge in [-0.3, -0.25) is 14.4 Å². The molecule has 3 aromatic rings. The minimum absolute atomic E-state index is 0.136. The van der Waals surface area contributed by atoms with E-state index < -0.39 is 11.9 Å². The first-order valence-electron chi connectivity index (χ1n) is 15.9. The first-order chi connectivity index (χ1) is 21.7. The maximum absolute atomic E-state index is 13.6. The van der Waals surface area contributed by atoms with Gasteiger partial charge < -0.3 is 25.3 Å². The number of aromatic nitrogens is 1. The van der Waals surface area contributed by atoms with Gasteiger partial charge in [-0.2, -0.15) is 0 Å². The molecule has 3 fully saturated rings. The minimum atomic E-state index is -0.600. The fraction of sp³-hybridized carbons (Fsp3) is 0.429. The highest BCUT2D eigenvalue weighted by Crippen LogP contribution is 2.33. The quantitative estimate of drug-likeness (QED) is 0.377. The number of rotatable bonds is 9. The van der Waals surface area contributed by atoms with E-state index in [1.807, 2.05) is 6.92 Å². The highest BCUT2D eigenvalue weighted by atomic mass is 19.1. The van der Waals surface area contributed by atoms with Gasteiger partial charge in [0.2, 0.25) is 11.8 Å². The van der Waals surface area contributed by atoms with Crippen LogP contribution in [0, 0.1) is 11.7 Å². The third kappa shape index (κ3) is 7.33. The molecule has 10 heteroatoms. The van der Waals surface area contributed by atoms with Crippen molar-refractivity contribution < 1.29 is 18.8 Å². The van der Waals surface area contributed by atoms with E-state index in [4.69, 9.17) is 0 Å². The van der Waals surface area contributed by atoms with Gasteiger partial charge in [-0.25, -0.2) is 9.37 Å². The lowest BCUT2D eigenvalue weighted by Gasteiger charge is -2.34. The fourth-order valence-corrected chi connectivity index (χ4v) is 6.17. The van der Waals surface area contributed by atoms with Crippen molar-refractivity contribution in [3.8, 4) is 0 Å². The molecule has 0 spiro atoms. The highest BCUT2D eigenvalue weighted by molar-refractivity contribution is 5.97. The van der Waals surface area contributed by atoms with Crippen LogP contribution < -0.4 is 15.5 Å². The molecule has 1 unspecified atom stereocenters. The number of carbonyl (C=O) groups is 3. The monoisotopic (exact) mass is 612 g/mol. The van der Waals surface area contributed by atoms with E-state index in [-0.39, 0.29) is 35.9 Å². The number of benzene rings is 2. The molecule has 45 heavy (non-hydrogen) atoms. The number of halogens is 1. The molecule has 9 nitrogen and oxygen atoms in total. The molecule has 3 amide bonds. The summed E-state index contributed by atoms with van der Waals surface area (Å²) >= 11 is 0. The molecule has 2 aromatic carbocycles. The summed E-state index contributed by atoms with van der Waals surface area (Å²) in [5.74, 6) is -0.752. The Morgan fingerprint density at radius 3 is 2.58 bits per heavy atom. The SMILES string of the molecule is C[C@H](NC(=O)C1CCCN1C(=O)CNC(=O)c1ccc2cc(F)ccc2n1)c1cc(N2CCN(C)CC2)ccc1/C=C/C1CC1. The predicted octanol–water partition coefficient (Wildman–Crippen LogP) is 4.15. The van der Waals surface area contributed by atoms with Crippen molar-refractivity contribution in [1.29, 1.82) is 0 Å². The van der Waals surface area contributed by atoms with E-state index in [1.165, 1.54) is 37.1 Å². The summed E-state index contributed by atoms with van der Waals surface area (Å²) in [7, 11) is 2.14. The second kappa shape index (κ2) is 13.4. The standard InChI is InChI=1S/C35H41FN6O3/c1-23(29-21-28(41-18-16-40(2)17-19-41)12-9-25(29)8-7-24-5-6-24)38-35(45)32-4-3-15-42(32)33(43)22-37-34(44)31-13-10-26-20-27(36)11-14-30(26)39-31/h7-14,20-21,23-24,32H,3-6,15-19,22H2,1-2H3,(H,37,44)(H,38,45)/b8-7+/t23-,32?/m0/s1. The van der Waals surface area contributed by atoms with Crippen LogP contribution in [0.5, 0.6) is 0 Å². The van der Waals surface area contributed by atoms with Crippen LogP contribution in [0.4, 0.5) is 10.1 Å². The summed E-state index contributed by atoms with van der Waals surface area (Å²) in [5.41, 5.74) is 3.94. The first kappa shape index (κ1) is 30.7. The van der Waals surface area contributed by atoms with E-state index in [0.29, 0.717) is 36.2 Å². The number of pyridine rings is 1. The van der Waals surface area contributed by atoms with Gasteiger partial charge in [-0.1, -0.05) is 24.3 Å². The molecule has 6 rings (SSSR count). The van der Waals surface area contributed by atoms with Gasteiger partial charge in [0, 0.05) is 43.8 Å². The lowest BCUT2D eigenvalue weighted by molar-refractivity contribution is -0.137. The molecule has 2 saturated heterocycles. The Kier molecular flexibility index (Phi) is 9.11. The zero-order valence-electron chi connectivity index (χ0n) is 26.0. The number of carbonyl (C=O) groups excluding carboxylic acids is 3. The molecule has 2 aliphatic heterocycles. The van der Waals surface area contributed by atoms with E-state index in [0.717, 1.165) is 43.0 Å². The van der Waals surface area contributed by atoms with Crippen LogP contribution in [-0.4, -0.2) is 84.9 Å². The van der Waals surface area contributed by atoms with Gasteiger partial charge in [0.25, 0.3) is 5.91 Å². The second-order valence-electron chi connectivity index (χ2n) is 12.5. The molecule has 0 bridgehead atoms. The van der Waals surface area contributed by atoms with Crippen LogP contribution in [0.1, 0.15) is 60.3 Å². The Labute approximate surface area is 263 Å². The molecule has 3 heterocycles. The second-order valence-corrected chi connectivity index (χ2v) is 12.5. The molecule has 0 radical (unpaired) electrons. The van der Waals surface area contributed by atoms with Crippen LogP contribution in [0.2, 0.25) is 0 Å². The summed E-state index contributed by atoms with van der Waals surface area (Å²) in [6, 6.07) is 12.9. The van der Waals surface area contributed by atoms with E-state index in [9.17, 15) is 18.8 Å². The van der Waals surface area contributed by atoms with Gasteiger partial charge >= 0.3 is 0 Å². The van der Waals surface area contributed by atoms with Gasteiger partial charge in [0.05, 0.1) is 18.1 Å². The summed E-state index contributed by atoms with van der Waals surface area (Å²) in [6.07, 6.45) is 8.18. The lowest BCUT2D eigenvalue weighted by Crippen LogP contribution is -2.49. The number of anilines is 1. The molecule has 1 aromatic heterocycles. The maximum Gasteiger partial charge on any atom is 0.270 e. The summed E-state index contributed by atoms with van der Waals surface area (Å²) in [5, 5.41) is 6.42. The smallest absolute Gasteiger partial charge is 0.270 e. The molecule has 1 saturated carbocycles. The largest absolute Gasteiger partial charge is 0.369 e. The van der Waals surface area contributed by atoms with E-state index in [2.05, 4.69) is 62.8 Å². The maximum atomic E-state index is 13.6. The van der Waals surface area contributed by atoms with Crippen molar-refractivity contribution in [3.63, 3.8) is 0 Å². The Morgan fingerprint density at radius 1 is 1.00 bits per heavy atom. The van der Waals surface area contributed by atoms with E-state index >= 15 is 0 Å². The molecule has 236 valence electrons. The average Bonchev–Trinajstić information content (AvgIpc) is 3.74. The number of nitrogens with one attached hydrogen (secondary N) is 2. The molecule has 1 aliphatic carbocycles. The number of fused-ring (bicyclic) bond motifs is 1. The lowest BCUT2D eigenvalue weighted by atomic mass is 9.98. The number of nitrogens with zero attached hydrogens (tertiary/aromatic N) is 4. The van der Waals surface area contributed by atoms with Crippen molar-refractivity contribution in [2.75, 3.05) is 51.2 Å². The topological polar surface area (TPSA) is 97.9 Å². The fourth-order valence-electron chi connectivity index (χ4n) is 6.17. The normalized spacial score (nSPS) is 19.7. The van der Waals surface area contributed by atoms with Crippen molar-refractivity contribution in [3.05, 3.63) is 77.2 Å². The first-order valence-corrected chi connectivity index (χ1v) is 15.9. The van der Waals surface area contributed by atoms with Crippen LogP contribution in [0.25, 0.3) is 17.0 Å². The number of amides is 3. The Balaban J connectivity index is 1.10. The molecule has 2 atom stereocenters. The predicted molar refractivity (Wildman–Crippen MR) is 173 cm³/mol. The average molecular weight is 613 g/mol. The number of hydrogen-bond donors (Lipinski definition) is 2. The molecule has 2 N–H and O–H groups in total. The van der Waals surface area contributed by atoms with Crippen LogP contribution >= 0.6 is 0 Å². The van der Waals surface area contributed by atoms with Crippen molar-refractivity contribution in [1.82, 2.24) is 25.4 Å². The summed E-state index contributed by atoms with van der Waals surface area (Å²) in [6.45, 7) is 6.15. The molecular weight excluding hydrogens is 571 g/mol. The highest BCUT2D eigenvalue weighted by Gasteiger charge is 2.35. The number of piperazine rings is 1. The third-order valence-electron chi connectivity index (χ3n) is 9.09. The third-order valence-corrected chi connectivity index (χ3v) is 9.09. The zero-order chi connectivity index (χ0) is 31.5. The zero-order valence-corrected chi connectivity index (χ0v) is 26.0. The van der Waals surface area contributed by atoms with Crippen molar-refractivity contribution >= 4 is 40.4 Å². The van der Waals surface area contributed by atoms with Gasteiger partial charge in [-0.05, 0) is 93.1 Å². The number of likely N-dealkylation sites (tertiary alicyclic amines) is 1. The van der Waals surface area contributed by atoms with Crippen molar-refractivity contribution in [2.24, 2.45) is 5.92 Å². The van der Waals surface area contributed by atoms with Gasteiger partial charge in [0.15, 0.2) is 0 Å². The summed E-state index contributed by atoms with van der Waals surface area (Å²) < 4.78 is 13.5. The Hall–Kier alpha value is -4.31. The summed E-state index contributed by atoms with van der Waals surface area (Å²) in [4.78, 5) is 50.2. The number of allylic oxidation sites excluding steroid dienone is 1. The number of likely N-dealkylation sites (N-methyl/N-ethyl adjacent to an activating group) is 1. The van der Waals surface area contributed by atoms with Gasteiger partial charge in [-0.15, -0.1) is 0 Å². The van der Waals surface area contributed by atoms with Crippen LogP contribution in [0.3, 0.4) is 0 Å². The molecule has 3 aliphatic rings. The Morgan fingerprint density at radius 2 is 1.80 bits per heavy atom. The van der Waals surface area contributed by atoms with Crippen LogP contribution in [-0.2, 0) is 9.59 Å². The Bertz CT molecular complexity index is 1610. The molecular formula is C35H41FN6O3. The number of hydrogen-bond acceptors (Lipinski definition) is 6. The van der Waals surface area contributed by atoms with Crippen molar-refractivity contribution in [2.45, 2.75) is 44.7 Å². The van der Waals surface area contributed by atoms with E-state index in [1.54, 1.807) is 11.0 Å². The van der Waals surface area contributed by atoms with Crippen LogP contribution in [0.15, 0.2) is 54.6 Å².